The van der Waals surface area contributed by atoms with Crippen LogP contribution in [0.2, 0.25) is 0 Å². The Morgan fingerprint density at radius 3 is 2.36 bits per heavy atom. The molecule has 1 aliphatic heterocycles. The van der Waals surface area contributed by atoms with Gasteiger partial charge in [0.2, 0.25) is 15.9 Å². The molecule has 0 aromatic heterocycles. The summed E-state index contributed by atoms with van der Waals surface area (Å²) in [6, 6.07) is 8.14. The van der Waals surface area contributed by atoms with E-state index in [1.54, 1.807) is 30.3 Å². The maximum Gasteiger partial charge on any atom is 0.501 e. The number of sulfonamides is 1. The molecule has 2 aromatic carbocycles. The van der Waals surface area contributed by atoms with E-state index < -0.39 is 85.3 Å². The zero-order chi connectivity index (χ0) is 33.7. The van der Waals surface area contributed by atoms with Crippen molar-refractivity contribution in [3.8, 4) is 0 Å². The van der Waals surface area contributed by atoms with E-state index >= 15 is 0 Å². The lowest BCUT2D eigenvalue weighted by atomic mass is 10.2. The van der Waals surface area contributed by atoms with E-state index in [0.717, 1.165) is 11.8 Å². The van der Waals surface area contributed by atoms with Crippen LogP contribution >= 0.6 is 11.8 Å². The molecule has 0 unspecified atom stereocenters. The van der Waals surface area contributed by atoms with Crippen molar-refractivity contribution in [1.29, 1.82) is 0 Å². The standard InChI is InChI=1S/C21H24F3N3O6S3/c22-21(23,24)35(29,30)19-13-17(36(25,31)32)6-7-18(19)26-15(14-34-16-4-2-1-3-5-16)12-20(28)27-8-10-33-11-9-27/h1-7,13,15,26H,8-12,14H2,(H2,25,31,32)/t15-/m0/s1/i8D2,9D2,10D2,11D2. The zero-order valence-electron chi connectivity index (χ0n) is 25.9. The predicted molar refractivity (Wildman–Crippen MR) is 128 cm³/mol. The highest BCUT2D eigenvalue weighted by atomic mass is 32.2. The number of hydrogen-bond donors (Lipinski definition) is 2. The van der Waals surface area contributed by atoms with Crippen molar-refractivity contribution in [2.45, 2.75) is 32.7 Å². The highest BCUT2D eigenvalue weighted by molar-refractivity contribution is 7.99. The Balaban J connectivity index is 2.12. The lowest BCUT2D eigenvalue weighted by Gasteiger charge is -2.29. The lowest BCUT2D eigenvalue weighted by Crippen LogP contribution is -2.43. The normalized spacial score (nSPS) is 24.8. The molecule has 0 radical (unpaired) electrons. The minimum atomic E-state index is -6.24. The van der Waals surface area contributed by atoms with Gasteiger partial charge in [-0.3, -0.25) is 4.79 Å². The average Bonchev–Trinajstić information content (AvgIpc) is 2.85. The summed E-state index contributed by atoms with van der Waals surface area (Å²) in [7, 11) is -10.9. The van der Waals surface area contributed by atoms with Crippen molar-refractivity contribution in [3.05, 3.63) is 48.5 Å². The summed E-state index contributed by atoms with van der Waals surface area (Å²) >= 11 is 0.981. The predicted octanol–water partition coefficient (Wildman–Crippen LogP) is 2.45. The van der Waals surface area contributed by atoms with Crippen molar-refractivity contribution in [1.82, 2.24) is 4.90 Å². The number of nitrogens with zero attached hydrogens (tertiary/aromatic N) is 1. The second-order valence-corrected chi connectivity index (χ2v) is 11.6. The maximum atomic E-state index is 13.6. The molecule has 1 saturated heterocycles. The number of rotatable bonds is 9. The highest BCUT2D eigenvalue weighted by Gasteiger charge is 2.48. The summed E-state index contributed by atoms with van der Waals surface area (Å²) < 4.78 is 157. The van der Waals surface area contributed by atoms with Crippen molar-refractivity contribution in [2.75, 3.05) is 37.2 Å². The quantitative estimate of drug-likeness (QED) is 0.436. The van der Waals surface area contributed by atoms with E-state index in [4.69, 9.17) is 16.1 Å². The van der Waals surface area contributed by atoms with Crippen molar-refractivity contribution in [3.63, 3.8) is 0 Å². The van der Waals surface area contributed by atoms with Crippen molar-refractivity contribution < 1.29 is 50.5 Å². The first-order valence-corrected chi connectivity index (χ1v) is 13.7. The van der Waals surface area contributed by atoms with Crippen molar-refractivity contribution in [2.24, 2.45) is 5.14 Å². The number of morpholine rings is 1. The van der Waals surface area contributed by atoms with Crippen LogP contribution in [0.15, 0.2) is 63.2 Å². The number of benzene rings is 2. The monoisotopic (exact) mass is 575 g/mol. The molecule has 1 atom stereocenters. The summed E-state index contributed by atoms with van der Waals surface area (Å²) in [6.07, 6.45) is -1.05. The first kappa shape index (κ1) is 18.8. The molecule has 3 rings (SSSR count). The number of ether oxygens (including phenoxy) is 1. The fraction of sp³-hybridized carbons (Fsp3) is 0.381. The maximum absolute atomic E-state index is 13.6. The Bertz CT molecular complexity index is 1610. The van der Waals surface area contributed by atoms with Gasteiger partial charge in [0.05, 0.1) is 34.7 Å². The third kappa shape index (κ3) is 7.12. The number of alkyl halides is 3. The van der Waals surface area contributed by atoms with E-state index in [-0.39, 0.29) is 16.7 Å². The number of primary sulfonamides is 1. The molecule has 1 heterocycles. The number of hydrogen-bond acceptors (Lipinski definition) is 8. The molecule has 0 aliphatic carbocycles. The van der Waals surface area contributed by atoms with Gasteiger partial charge in [-0.1, -0.05) is 18.2 Å². The highest BCUT2D eigenvalue weighted by Crippen LogP contribution is 2.36. The van der Waals surface area contributed by atoms with Crippen LogP contribution in [-0.4, -0.2) is 71.1 Å². The number of thioether (sulfide) groups is 1. The SMILES string of the molecule is [2H]C1([2H])OC([2H])([2H])C([2H])([2H])N(C(=O)C[C@@H](CSc2ccccc2)Nc2ccc(S(N)(=O)=O)cc2S(=O)(=O)C(F)(F)F)C1([2H])[2H]. The van der Waals surface area contributed by atoms with Crippen LogP contribution in [0.25, 0.3) is 0 Å². The number of carbonyl (C=O) groups excluding carboxylic acids is 1. The van der Waals surface area contributed by atoms with Gasteiger partial charge in [-0.25, -0.2) is 22.0 Å². The zero-order valence-corrected chi connectivity index (χ0v) is 20.4. The smallest absolute Gasteiger partial charge is 0.380 e. The van der Waals surface area contributed by atoms with Crippen LogP contribution in [0.4, 0.5) is 18.9 Å². The van der Waals surface area contributed by atoms with E-state index in [0.29, 0.717) is 17.0 Å². The Kier molecular flexibility index (Phi) is 5.95. The molecule has 198 valence electrons. The molecule has 0 spiro atoms. The Labute approximate surface area is 222 Å². The number of halogens is 3. The fourth-order valence-electron chi connectivity index (χ4n) is 2.85. The minimum Gasteiger partial charge on any atom is -0.380 e. The van der Waals surface area contributed by atoms with Crippen LogP contribution < -0.4 is 10.5 Å². The molecule has 1 amide bonds. The molecule has 1 fully saturated rings. The Hall–Kier alpha value is -2.33. The van der Waals surface area contributed by atoms with E-state index in [1.165, 1.54) is 0 Å². The number of amides is 1. The average molecular weight is 576 g/mol. The van der Waals surface area contributed by atoms with Gasteiger partial charge >= 0.3 is 5.51 Å². The Morgan fingerprint density at radius 2 is 1.78 bits per heavy atom. The third-order valence-electron chi connectivity index (χ3n) is 4.52. The third-order valence-corrected chi connectivity index (χ3v) is 8.13. The van der Waals surface area contributed by atoms with E-state index in [9.17, 15) is 34.8 Å². The number of anilines is 1. The Morgan fingerprint density at radius 1 is 1.14 bits per heavy atom. The summed E-state index contributed by atoms with van der Waals surface area (Å²) in [5.74, 6) is -1.85. The molecule has 9 nitrogen and oxygen atoms in total. The summed E-state index contributed by atoms with van der Waals surface area (Å²) in [5.41, 5.74) is -6.76. The van der Waals surface area contributed by atoms with Gasteiger partial charge < -0.3 is 15.0 Å². The van der Waals surface area contributed by atoms with Gasteiger partial charge in [-0.05, 0) is 30.3 Å². The number of sulfone groups is 1. The topological polar surface area (TPSA) is 136 Å². The largest absolute Gasteiger partial charge is 0.501 e. The summed E-state index contributed by atoms with van der Waals surface area (Å²) in [5, 5.41) is 7.36. The second-order valence-electron chi connectivity index (χ2n) is 7.08. The van der Waals surface area contributed by atoms with Gasteiger partial charge in [-0.15, -0.1) is 11.8 Å². The summed E-state index contributed by atoms with van der Waals surface area (Å²) in [6.45, 7) is -14.4. The van der Waals surface area contributed by atoms with Gasteiger partial charge in [0.15, 0.2) is 0 Å². The van der Waals surface area contributed by atoms with Crippen LogP contribution in [0.5, 0.6) is 0 Å². The van der Waals surface area contributed by atoms with Crippen LogP contribution in [0.3, 0.4) is 0 Å². The molecule has 36 heavy (non-hydrogen) atoms. The fourth-order valence-corrected chi connectivity index (χ4v) is 5.35. The van der Waals surface area contributed by atoms with Crippen LogP contribution in [0, 0.1) is 0 Å². The summed E-state index contributed by atoms with van der Waals surface area (Å²) in [4.78, 5) is 11.1. The molecule has 1 aliphatic rings. The molecule has 0 saturated carbocycles. The van der Waals surface area contributed by atoms with Crippen LogP contribution in [0.1, 0.15) is 17.4 Å². The number of nitrogens with two attached hydrogens (primary N) is 1. The van der Waals surface area contributed by atoms with E-state index in [1.807, 2.05) is 0 Å². The molecular weight excluding hydrogens is 543 g/mol. The van der Waals surface area contributed by atoms with Gasteiger partial charge in [0, 0.05) is 36.1 Å². The van der Waals surface area contributed by atoms with E-state index in [2.05, 4.69) is 10.1 Å². The number of carbonyl (C=O) groups is 1. The lowest BCUT2D eigenvalue weighted by molar-refractivity contribution is -0.135. The molecule has 2 aromatic rings. The molecular formula is C21H24F3N3O6S3. The molecule has 3 N–H and O–H groups in total. The molecule has 15 heteroatoms. The van der Waals surface area contributed by atoms with Gasteiger partial charge in [0.1, 0.15) is 4.90 Å². The second kappa shape index (κ2) is 11.4. The minimum absolute atomic E-state index is 0.159. The van der Waals surface area contributed by atoms with Gasteiger partial charge in [-0.2, -0.15) is 13.2 Å². The molecule has 0 bridgehead atoms. The van der Waals surface area contributed by atoms with Crippen LogP contribution in [-0.2, 0) is 29.4 Å². The first-order chi connectivity index (χ1) is 19.8. The number of nitrogens with one attached hydrogen (secondary N) is 1. The first-order valence-electron chi connectivity index (χ1n) is 13.7. The van der Waals surface area contributed by atoms with Crippen molar-refractivity contribution >= 4 is 43.2 Å². The van der Waals surface area contributed by atoms with Gasteiger partial charge in [0.25, 0.3) is 9.84 Å².